The van der Waals surface area contributed by atoms with Crippen LogP contribution in [-0.4, -0.2) is 0 Å². The molecule has 0 aliphatic carbocycles. The zero-order valence-corrected chi connectivity index (χ0v) is 10.9. The topological polar surface area (TPSA) is 0 Å². The van der Waals surface area contributed by atoms with Crippen molar-refractivity contribution in [2.24, 2.45) is 0 Å². The van der Waals surface area contributed by atoms with Crippen molar-refractivity contribution in [2.45, 2.75) is 6.92 Å². The summed E-state index contributed by atoms with van der Waals surface area (Å²) in [6.45, 7) is 2.02. The molecule has 0 atom stereocenters. The predicted octanol–water partition coefficient (Wildman–Crippen LogP) is 5.62. The lowest BCUT2D eigenvalue weighted by Crippen LogP contribution is -1.83. The van der Waals surface area contributed by atoms with Gasteiger partial charge in [-0.1, -0.05) is 52.5 Å². The smallest absolute Gasteiger partial charge is 0.0499 e. The maximum Gasteiger partial charge on any atom is 0.0499 e. The lowest BCUT2D eigenvalue weighted by Gasteiger charge is -2.08. The predicted molar refractivity (Wildman–Crippen MR) is 71.6 cm³/mol. The van der Waals surface area contributed by atoms with Crippen LogP contribution < -0.4 is 0 Å². The third-order valence-electron chi connectivity index (χ3n) is 2.34. The Balaban J connectivity index is 2.62. The molecule has 0 bridgehead atoms. The van der Waals surface area contributed by atoms with Crippen molar-refractivity contribution in [3.8, 4) is 11.1 Å². The molecule has 0 heterocycles. The molecule has 0 unspecified atom stereocenters. The second-order valence-corrected chi connectivity index (χ2v) is 4.86. The number of hydrogen-bond donors (Lipinski definition) is 0. The number of benzene rings is 2. The minimum absolute atomic E-state index is 0.611. The van der Waals surface area contributed by atoms with Gasteiger partial charge >= 0.3 is 0 Å². The molecule has 0 radical (unpaired) electrons. The minimum Gasteiger partial charge on any atom is -0.0843 e. The molecular formula is C13H9Cl3. The summed E-state index contributed by atoms with van der Waals surface area (Å²) in [4.78, 5) is 0. The monoisotopic (exact) mass is 270 g/mol. The lowest BCUT2D eigenvalue weighted by atomic mass is 10.0. The summed E-state index contributed by atoms with van der Waals surface area (Å²) < 4.78 is 0. The Labute approximate surface area is 110 Å². The van der Waals surface area contributed by atoms with Crippen LogP contribution in [0.25, 0.3) is 11.1 Å². The summed E-state index contributed by atoms with van der Waals surface area (Å²) in [6, 6.07) is 11.3. The molecule has 3 heteroatoms. The minimum atomic E-state index is 0.611. The van der Waals surface area contributed by atoms with Crippen molar-refractivity contribution < 1.29 is 0 Å². The Bertz CT molecular complexity index is 533. The summed E-state index contributed by atoms with van der Waals surface area (Å²) in [5, 5.41) is 1.92. The standard InChI is InChI=1S/C13H9Cl3/c1-8-2-5-12(15)11(6-8)10-4-3-9(14)7-13(10)16/h2-7H,1H3. The summed E-state index contributed by atoms with van der Waals surface area (Å²) in [5.41, 5.74) is 2.98. The number of halogens is 3. The molecule has 16 heavy (non-hydrogen) atoms. The van der Waals surface area contributed by atoms with Crippen LogP contribution in [0.2, 0.25) is 15.1 Å². The van der Waals surface area contributed by atoms with Crippen molar-refractivity contribution in [3.05, 3.63) is 57.0 Å². The van der Waals surface area contributed by atoms with Gasteiger partial charge in [-0.2, -0.15) is 0 Å². The summed E-state index contributed by atoms with van der Waals surface area (Å²) >= 11 is 18.2. The van der Waals surface area contributed by atoms with Gasteiger partial charge in [0.15, 0.2) is 0 Å². The van der Waals surface area contributed by atoms with Gasteiger partial charge in [0, 0.05) is 26.2 Å². The first-order valence-corrected chi connectivity index (χ1v) is 5.93. The largest absolute Gasteiger partial charge is 0.0843 e. The maximum absolute atomic E-state index is 6.15. The maximum atomic E-state index is 6.15. The van der Waals surface area contributed by atoms with Crippen molar-refractivity contribution in [1.82, 2.24) is 0 Å². The van der Waals surface area contributed by atoms with Gasteiger partial charge in [0.25, 0.3) is 0 Å². The average molecular weight is 272 g/mol. The molecule has 0 aromatic heterocycles. The van der Waals surface area contributed by atoms with Crippen molar-refractivity contribution >= 4 is 34.8 Å². The van der Waals surface area contributed by atoms with E-state index < -0.39 is 0 Å². The molecule has 0 amide bonds. The van der Waals surface area contributed by atoms with Gasteiger partial charge in [0.1, 0.15) is 0 Å². The fourth-order valence-electron chi connectivity index (χ4n) is 1.55. The molecule has 2 aromatic carbocycles. The Morgan fingerprint density at radius 3 is 2.19 bits per heavy atom. The highest BCUT2D eigenvalue weighted by Crippen LogP contribution is 2.35. The highest BCUT2D eigenvalue weighted by atomic mass is 35.5. The van der Waals surface area contributed by atoms with Gasteiger partial charge in [-0.25, -0.2) is 0 Å². The molecular weight excluding hydrogens is 263 g/mol. The molecule has 0 N–H and O–H groups in total. The molecule has 0 nitrogen and oxygen atoms in total. The highest BCUT2D eigenvalue weighted by Gasteiger charge is 2.08. The third kappa shape index (κ3) is 2.35. The first-order valence-electron chi connectivity index (χ1n) is 4.79. The van der Waals surface area contributed by atoms with E-state index in [4.69, 9.17) is 34.8 Å². The second-order valence-electron chi connectivity index (χ2n) is 3.61. The molecule has 82 valence electrons. The second kappa shape index (κ2) is 4.67. The van der Waals surface area contributed by atoms with Crippen LogP contribution in [0, 0.1) is 6.92 Å². The van der Waals surface area contributed by atoms with Gasteiger partial charge in [-0.3, -0.25) is 0 Å². The average Bonchev–Trinajstić information content (AvgIpc) is 2.22. The van der Waals surface area contributed by atoms with Crippen LogP contribution in [0.5, 0.6) is 0 Å². The number of aryl methyl sites for hydroxylation is 1. The van der Waals surface area contributed by atoms with Gasteiger partial charge < -0.3 is 0 Å². The van der Waals surface area contributed by atoms with Gasteiger partial charge in [0.05, 0.1) is 0 Å². The van der Waals surface area contributed by atoms with E-state index in [-0.39, 0.29) is 0 Å². The van der Waals surface area contributed by atoms with E-state index in [0.717, 1.165) is 16.7 Å². The Hall–Kier alpha value is -0.690. The van der Waals surface area contributed by atoms with Crippen LogP contribution in [-0.2, 0) is 0 Å². The Morgan fingerprint density at radius 1 is 0.750 bits per heavy atom. The van der Waals surface area contributed by atoms with Gasteiger partial charge in [0.2, 0.25) is 0 Å². The normalized spacial score (nSPS) is 10.5. The first kappa shape index (κ1) is 11.8. The van der Waals surface area contributed by atoms with Crippen LogP contribution in [0.3, 0.4) is 0 Å². The SMILES string of the molecule is Cc1ccc(Cl)c(-c2ccc(Cl)cc2Cl)c1. The van der Waals surface area contributed by atoms with Crippen LogP contribution >= 0.6 is 34.8 Å². The Kier molecular flexibility index (Phi) is 3.44. The van der Waals surface area contributed by atoms with E-state index in [1.165, 1.54) is 0 Å². The van der Waals surface area contributed by atoms with Crippen LogP contribution in [0.4, 0.5) is 0 Å². The van der Waals surface area contributed by atoms with E-state index >= 15 is 0 Å². The van der Waals surface area contributed by atoms with E-state index in [1.807, 2.05) is 31.2 Å². The van der Waals surface area contributed by atoms with Crippen molar-refractivity contribution in [1.29, 1.82) is 0 Å². The van der Waals surface area contributed by atoms with Crippen LogP contribution in [0.15, 0.2) is 36.4 Å². The molecule has 0 aliphatic rings. The quantitative estimate of drug-likeness (QED) is 0.631. The van der Waals surface area contributed by atoms with E-state index in [9.17, 15) is 0 Å². The van der Waals surface area contributed by atoms with Gasteiger partial charge in [-0.05, 0) is 31.2 Å². The molecule has 0 saturated carbocycles. The zero-order chi connectivity index (χ0) is 11.7. The molecule has 2 rings (SSSR count). The fraction of sp³-hybridized carbons (Fsp3) is 0.0769. The summed E-state index contributed by atoms with van der Waals surface area (Å²) in [7, 11) is 0. The van der Waals surface area contributed by atoms with Gasteiger partial charge in [-0.15, -0.1) is 0 Å². The first-order chi connectivity index (χ1) is 7.58. The molecule has 0 saturated heterocycles. The number of rotatable bonds is 1. The summed E-state index contributed by atoms with van der Waals surface area (Å²) in [6.07, 6.45) is 0. The number of hydrogen-bond acceptors (Lipinski definition) is 0. The molecule has 0 aliphatic heterocycles. The van der Waals surface area contributed by atoms with E-state index in [2.05, 4.69) is 0 Å². The highest BCUT2D eigenvalue weighted by molar-refractivity contribution is 6.38. The summed E-state index contributed by atoms with van der Waals surface area (Å²) in [5.74, 6) is 0. The van der Waals surface area contributed by atoms with Crippen molar-refractivity contribution in [3.63, 3.8) is 0 Å². The van der Waals surface area contributed by atoms with Crippen LogP contribution in [0.1, 0.15) is 5.56 Å². The fourth-order valence-corrected chi connectivity index (χ4v) is 2.28. The third-order valence-corrected chi connectivity index (χ3v) is 3.22. The van der Waals surface area contributed by atoms with E-state index in [1.54, 1.807) is 12.1 Å². The Morgan fingerprint density at radius 2 is 1.50 bits per heavy atom. The van der Waals surface area contributed by atoms with E-state index in [0.29, 0.717) is 15.1 Å². The zero-order valence-electron chi connectivity index (χ0n) is 8.60. The molecule has 2 aromatic rings. The molecule has 0 spiro atoms. The molecule has 0 fully saturated rings. The van der Waals surface area contributed by atoms with Crippen molar-refractivity contribution in [2.75, 3.05) is 0 Å². The lowest BCUT2D eigenvalue weighted by molar-refractivity contribution is 1.47.